The predicted molar refractivity (Wildman–Crippen MR) is 118 cm³/mol. The predicted octanol–water partition coefficient (Wildman–Crippen LogP) is 4.74. The van der Waals surface area contributed by atoms with Crippen molar-refractivity contribution in [3.63, 3.8) is 0 Å². The number of piperidine rings is 2. The van der Waals surface area contributed by atoms with Crippen LogP contribution in [0.4, 0.5) is 32.0 Å². The number of rotatable bonds is 3. The Bertz CT molecular complexity index is 1180. The number of benzene rings is 2. The molecule has 4 atom stereocenters. The van der Waals surface area contributed by atoms with E-state index in [1.54, 1.807) is 0 Å². The number of carboxylic acid groups (broad SMARTS) is 1. The van der Waals surface area contributed by atoms with Gasteiger partial charge in [0.1, 0.15) is 0 Å². The number of carbonyl (C=O) groups excluding carboxylic acids is 2. The maximum Gasteiger partial charge on any atom is 0.490 e. The molecule has 3 saturated heterocycles. The molecule has 0 aromatic heterocycles. The first-order chi connectivity index (χ1) is 17.3. The summed E-state index contributed by atoms with van der Waals surface area (Å²) in [4.78, 5) is 38.6. The second-order valence-electron chi connectivity index (χ2n) is 9.23. The summed E-state index contributed by atoms with van der Waals surface area (Å²) >= 11 is 0. The monoisotopic (exact) mass is 528 g/mol. The van der Waals surface area contributed by atoms with Gasteiger partial charge in [0.15, 0.2) is 0 Å². The molecule has 2 aromatic rings. The maximum atomic E-state index is 13.3. The van der Waals surface area contributed by atoms with Gasteiger partial charge in [0.25, 0.3) is 0 Å². The molecule has 2 aromatic carbocycles. The standard InChI is InChI=1S/C23H21F3N2O2.C2HF3O2/c24-23(25,26)16-7-4-8-17(11-16)28-21(29)19-15-9-10-18(20(19)22(28)30)27(13-15)12-14-5-2-1-3-6-14;3-2(4,5)1(6)7/h1-8,11,15,18-20H,9-10,12-13H2;(H,6,7)/t15?,18?,19-,20+;/m0./s1. The number of imide groups is 1. The number of carboxylic acids is 1. The lowest BCUT2D eigenvalue weighted by atomic mass is 9.66. The van der Waals surface area contributed by atoms with Crippen molar-refractivity contribution in [2.45, 2.75) is 37.8 Å². The summed E-state index contributed by atoms with van der Waals surface area (Å²) in [6.07, 6.45) is -7.92. The van der Waals surface area contributed by atoms with Crippen LogP contribution in [0.5, 0.6) is 0 Å². The third kappa shape index (κ3) is 5.34. The van der Waals surface area contributed by atoms with Gasteiger partial charge in [0, 0.05) is 19.1 Å². The van der Waals surface area contributed by atoms with Gasteiger partial charge in [-0.1, -0.05) is 36.4 Å². The Kier molecular flexibility index (Phi) is 7.06. The van der Waals surface area contributed by atoms with Crippen molar-refractivity contribution in [1.82, 2.24) is 4.90 Å². The zero-order chi connectivity index (χ0) is 27.1. The number of carbonyl (C=O) groups is 3. The SMILES string of the molecule is O=C(O)C(F)(F)F.O=C1[C@@H]2C3CCC(CN3Cc3ccccc3)[C@@H]2C(=O)N1c1cccc(C(F)(F)F)c1. The van der Waals surface area contributed by atoms with E-state index in [9.17, 15) is 35.9 Å². The fourth-order valence-corrected chi connectivity index (χ4v) is 5.48. The first-order valence-electron chi connectivity index (χ1n) is 11.4. The minimum atomic E-state index is -5.08. The van der Waals surface area contributed by atoms with Gasteiger partial charge in [-0.3, -0.25) is 14.5 Å². The Labute approximate surface area is 207 Å². The molecule has 1 N–H and O–H groups in total. The summed E-state index contributed by atoms with van der Waals surface area (Å²) in [5.41, 5.74) is 0.306. The molecular formula is C25H22F6N2O4. The van der Waals surface area contributed by atoms with E-state index >= 15 is 0 Å². The summed E-state index contributed by atoms with van der Waals surface area (Å²) < 4.78 is 71.2. The van der Waals surface area contributed by atoms with E-state index in [1.807, 2.05) is 30.3 Å². The maximum absolute atomic E-state index is 13.3. The second-order valence-corrected chi connectivity index (χ2v) is 9.23. The van der Waals surface area contributed by atoms with Gasteiger partial charge in [-0.2, -0.15) is 26.3 Å². The highest BCUT2D eigenvalue weighted by Gasteiger charge is 2.60. The molecule has 12 heteroatoms. The molecule has 0 spiro atoms. The zero-order valence-electron chi connectivity index (χ0n) is 19.2. The van der Waals surface area contributed by atoms with Crippen LogP contribution in [0.25, 0.3) is 0 Å². The topological polar surface area (TPSA) is 77.9 Å². The molecule has 3 heterocycles. The number of halogens is 6. The Morgan fingerprint density at radius 1 is 0.892 bits per heavy atom. The van der Waals surface area contributed by atoms with E-state index in [0.29, 0.717) is 6.54 Å². The molecule has 2 unspecified atom stereocenters. The van der Waals surface area contributed by atoms with Crippen molar-refractivity contribution in [2.24, 2.45) is 17.8 Å². The number of aliphatic carboxylic acids is 1. The van der Waals surface area contributed by atoms with Gasteiger partial charge in [0.05, 0.1) is 23.1 Å². The number of nitrogens with zero attached hydrogens (tertiary/aromatic N) is 2. The van der Waals surface area contributed by atoms with Crippen molar-refractivity contribution < 1.29 is 45.8 Å². The Balaban J connectivity index is 0.000000405. The quantitative estimate of drug-likeness (QED) is 0.460. The van der Waals surface area contributed by atoms with E-state index in [0.717, 1.165) is 42.0 Å². The summed E-state index contributed by atoms with van der Waals surface area (Å²) in [6, 6.07) is 14.4. The Hall–Kier alpha value is -3.41. The van der Waals surface area contributed by atoms with Gasteiger partial charge >= 0.3 is 18.3 Å². The van der Waals surface area contributed by atoms with E-state index < -0.39 is 35.7 Å². The molecule has 6 nitrogen and oxygen atoms in total. The third-order valence-corrected chi connectivity index (χ3v) is 6.99. The van der Waals surface area contributed by atoms with Crippen LogP contribution in [0.3, 0.4) is 0 Å². The number of anilines is 1. The van der Waals surface area contributed by atoms with Crippen molar-refractivity contribution in [3.05, 3.63) is 65.7 Å². The second kappa shape index (κ2) is 9.81. The van der Waals surface area contributed by atoms with Gasteiger partial charge < -0.3 is 5.11 Å². The van der Waals surface area contributed by atoms with Crippen LogP contribution in [-0.2, 0) is 27.1 Å². The number of fused-ring (bicyclic) bond motifs is 2. The van der Waals surface area contributed by atoms with Crippen molar-refractivity contribution >= 4 is 23.5 Å². The fourth-order valence-electron chi connectivity index (χ4n) is 5.48. The van der Waals surface area contributed by atoms with Crippen LogP contribution >= 0.6 is 0 Å². The van der Waals surface area contributed by atoms with E-state index in [1.165, 1.54) is 12.1 Å². The van der Waals surface area contributed by atoms with E-state index in [2.05, 4.69) is 4.90 Å². The van der Waals surface area contributed by atoms with Crippen LogP contribution in [0, 0.1) is 17.8 Å². The van der Waals surface area contributed by atoms with Crippen LogP contribution in [0.2, 0.25) is 0 Å². The molecule has 0 radical (unpaired) electrons. The molecule has 2 bridgehead atoms. The molecule has 2 amide bonds. The molecule has 4 aliphatic rings. The normalized spacial score (nSPS) is 25.5. The van der Waals surface area contributed by atoms with Gasteiger partial charge in [-0.25, -0.2) is 9.69 Å². The van der Waals surface area contributed by atoms with E-state index in [4.69, 9.17) is 9.90 Å². The Morgan fingerprint density at radius 2 is 1.51 bits per heavy atom. The molecule has 4 fully saturated rings. The highest BCUT2D eigenvalue weighted by molar-refractivity contribution is 6.22. The van der Waals surface area contributed by atoms with Crippen LogP contribution in [0.15, 0.2) is 54.6 Å². The van der Waals surface area contributed by atoms with Crippen molar-refractivity contribution in [3.8, 4) is 0 Å². The lowest BCUT2D eigenvalue weighted by Gasteiger charge is -2.50. The lowest BCUT2D eigenvalue weighted by Crippen LogP contribution is -2.58. The van der Waals surface area contributed by atoms with Crippen LogP contribution < -0.4 is 4.90 Å². The van der Waals surface area contributed by atoms with E-state index in [-0.39, 0.29) is 29.5 Å². The van der Waals surface area contributed by atoms with Gasteiger partial charge in [-0.15, -0.1) is 0 Å². The Morgan fingerprint density at radius 3 is 2.11 bits per heavy atom. The minimum Gasteiger partial charge on any atom is -0.475 e. The van der Waals surface area contributed by atoms with Crippen LogP contribution in [0.1, 0.15) is 24.0 Å². The van der Waals surface area contributed by atoms with Crippen molar-refractivity contribution in [2.75, 3.05) is 11.4 Å². The number of alkyl halides is 6. The average Bonchev–Trinajstić information content (AvgIpc) is 3.11. The molecule has 198 valence electrons. The molecule has 6 rings (SSSR count). The smallest absolute Gasteiger partial charge is 0.475 e. The number of amides is 2. The lowest BCUT2D eigenvalue weighted by molar-refractivity contribution is -0.192. The molecule has 37 heavy (non-hydrogen) atoms. The molecule has 3 aliphatic heterocycles. The number of hydrogen-bond donors (Lipinski definition) is 1. The minimum absolute atomic E-state index is 0.0169. The van der Waals surface area contributed by atoms with Crippen LogP contribution in [-0.4, -0.2) is 46.6 Å². The summed E-state index contributed by atoms with van der Waals surface area (Å²) in [5.74, 6) is -4.33. The molecule has 1 saturated carbocycles. The average molecular weight is 528 g/mol. The molecular weight excluding hydrogens is 506 g/mol. The van der Waals surface area contributed by atoms with Gasteiger partial charge in [0.2, 0.25) is 11.8 Å². The summed E-state index contributed by atoms with van der Waals surface area (Å²) in [5, 5.41) is 7.12. The van der Waals surface area contributed by atoms with Crippen molar-refractivity contribution in [1.29, 1.82) is 0 Å². The first-order valence-corrected chi connectivity index (χ1v) is 11.4. The zero-order valence-corrected chi connectivity index (χ0v) is 19.2. The molecule has 1 aliphatic carbocycles. The summed E-state index contributed by atoms with van der Waals surface area (Å²) in [6.45, 7) is 1.44. The largest absolute Gasteiger partial charge is 0.490 e. The highest BCUT2D eigenvalue weighted by Crippen LogP contribution is 2.50. The fraction of sp³-hybridized carbons (Fsp3) is 0.400. The number of hydrogen-bond acceptors (Lipinski definition) is 4. The summed E-state index contributed by atoms with van der Waals surface area (Å²) in [7, 11) is 0. The third-order valence-electron chi connectivity index (χ3n) is 6.99. The highest BCUT2D eigenvalue weighted by atomic mass is 19.4. The first kappa shape index (κ1) is 26.6. The van der Waals surface area contributed by atoms with Gasteiger partial charge in [-0.05, 0) is 42.5 Å².